The number of hydrogen-bond donors (Lipinski definition) is 1. The summed E-state index contributed by atoms with van der Waals surface area (Å²) in [6, 6.07) is 12.6. The van der Waals surface area contributed by atoms with Crippen LogP contribution in [-0.4, -0.2) is 75.4 Å². The number of morpholine rings is 1. The summed E-state index contributed by atoms with van der Waals surface area (Å²) in [7, 11) is 0. The molecule has 0 spiro atoms. The molecular weight excluding hydrogens is 444 g/mol. The van der Waals surface area contributed by atoms with Crippen LogP contribution in [0, 0.1) is 13.8 Å². The minimum atomic E-state index is -0.662. The van der Waals surface area contributed by atoms with Crippen molar-refractivity contribution in [1.82, 2.24) is 19.2 Å². The largest absolute Gasteiger partial charge is 0.505 e. The second-order valence-electron chi connectivity index (χ2n) is 9.14. The van der Waals surface area contributed by atoms with E-state index in [1.54, 1.807) is 16.2 Å². The zero-order valence-corrected chi connectivity index (χ0v) is 20.1. The van der Waals surface area contributed by atoms with Crippen LogP contribution in [0.1, 0.15) is 35.0 Å². The first-order chi connectivity index (χ1) is 17.0. The van der Waals surface area contributed by atoms with Crippen LogP contribution in [0.3, 0.4) is 0 Å². The van der Waals surface area contributed by atoms with Gasteiger partial charge in [0, 0.05) is 32.4 Å². The molecule has 2 aromatic heterocycles. The van der Waals surface area contributed by atoms with E-state index in [0.29, 0.717) is 36.8 Å². The van der Waals surface area contributed by atoms with E-state index in [4.69, 9.17) is 4.74 Å². The monoisotopic (exact) mass is 474 g/mol. The van der Waals surface area contributed by atoms with Gasteiger partial charge < -0.3 is 14.7 Å². The fourth-order valence-corrected chi connectivity index (χ4v) is 5.11. The standard InChI is InChI=1S/C27H30N4O4/c1-18-8-6-12-30-22(19(2)28-26(18)30)24(32)21-23(20-9-4-3-5-10-20)31(27(34)25(21)33)13-7-11-29-14-16-35-17-15-29/h3-6,8-10,12,23,32H,7,11,13-17H2,1-2H3/b24-21+. The lowest BCUT2D eigenvalue weighted by Crippen LogP contribution is -2.38. The lowest BCUT2D eigenvalue weighted by molar-refractivity contribution is -0.140. The Kier molecular flexibility index (Phi) is 6.40. The van der Waals surface area contributed by atoms with Gasteiger partial charge in [-0.15, -0.1) is 0 Å². The van der Waals surface area contributed by atoms with Crippen LogP contribution in [0.5, 0.6) is 0 Å². The second kappa shape index (κ2) is 9.64. The molecule has 0 radical (unpaired) electrons. The third kappa shape index (κ3) is 4.24. The van der Waals surface area contributed by atoms with E-state index < -0.39 is 17.7 Å². The molecule has 1 N–H and O–H groups in total. The number of pyridine rings is 1. The number of benzene rings is 1. The molecule has 3 aromatic rings. The van der Waals surface area contributed by atoms with Crippen LogP contribution in [0.15, 0.2) is 54.2 Å². The van der Waals surface area contributed by atoms with Crippen molar-refractivity contribution in [2.24, 2.45) is 0 Å². The molecule has 0 bridgehead atoms. The Hall–Kier alpha value is -3.49. The maximum absolute atomic E-state index is 13.3. The zero-order chi connectivity index (χ0) is 24.5. The Morgan fingerprint density at radius 2 is 1.80 bits per heavy atom. The Balaban J connectivity index is 1.55. The number of imidazole rings is 1. The van der Waals surface area contributed by atoms with Crippen LogP contribution in [-0.2, 0) is 14.3 Å². The number of Topliss-reactive ketones (excluding diaryl/α,β-unsaturated/α-hetero) is 1. The van der Waals surface area contributed by atoms with Gasteiger partial charge in [0.15, 0.2) is 5.76 Å². The minimum Gasteiger partial charge on any atom is -0.505 e. The number of hydrogen-bond acceptors (Lipinski definition) is 6. The number of likely N-dealkylation sites (tertiary alicyclic amines) is 1. The molecule has 1 atom stereocenters. The summed E-state index contributed by atoms with van der Waals surface area (Å²) < 4.78 is 7.20. The summed E-state index contributed by atoms with van der Waals surface area (Å²) in [5, 5.41) is 11.5. The van der Waals surface area contributed by atoms with Crippen LogP contribution in [0.25, 0.3) is 11.4 Å². The smallest absolute Gasteiger partial charge is 0.295 e. The normalized spacial score (nSPS) is 20.7. The average Bonchev–Trinajstić information content (AvgIpc) is 3.34. The van der Waals surface area contributed by atoms with Crippen molar-refractivity contribution in [3.8, 4) is 0 Å². The van der Waals surface area contributed by atoms with Crippen molar-refractivity contribution < 1.29 is 19.4 Å². The fraction of sp³-hybridized carbons (Fsp3) is 0.370. The van der Waals surface area contributed by atoms with E-state index in [1.165, 1.54) is 0 Å². The highest BCUT2D eigenvalue weighted by Crippen LogP contribution is 2.40. The van der Waals surface area contributed by atoms with E-state index in [-0.39, 0.29) is 11.3 Å². The summed E-state index contributed by atoms with van der Waals surface area (Å²) in [4.78, 5) is 35.1. The molecular formula is C27H30N4O4. The van der Waals surface area contributed by atoms with E-state index in [2.05, 4.69) is 9.88 Å². The SMILES string of the molecule is Cc1nc2c(C)cccn2c1/C(O)=C1\C(=O)C(=O)N(CCCN2CCOCC2)C1c1ccccc1. The van der Waals surface area contributed by atoms with Gasteiger partial charge in [-0.1, -0.05) is 36.4 Å². The number of amides is 1. The van der Waals surface area contributed by atoms with Crippen molar-refractivity contribution in [2.45, 2.75) is 26.3 Å². The lowest BCUT2D eigenvalue weighted by atomic mass is 9.96. The van der Waals surface area contributed by atoms with Gasteiger partial charge in [0.2, 0.25) is 0 Å². The first-order valence-electron chi connectivity index (χ1n) is 12.1. The van der Waals surface area contributed by atoms with Gasteiger partial charge in [-0.2, -0.15) is 0 Å². The Labute approximate surface area is 204 Å². The minimum absolute atomic E-state index is 0.110. The molecule has 2 saturated heterocycles. The molecule has 5 rings (SSSR count). The van der Waals surface area contributed by atoms with Gasteiger partial charge in [-0.3, -0.25) is 18.9 Å². The lowest BCUT2D eigenvalue weighted by Gasteiger charge is -2.29. The van der Waals surface area contributed by atoms with Gasteiger partial charge in [0.05, 0.1) is 30.5 Å². The van der Waals surface area contributed by atoms with Gasteiger partial charge in [-0.25, -0.2) is 4.98 Å². The van der Waals surface area contributed by atoms with E-state index >= 15 is 0 Å². The van der Waals surface area contributed by atoms with Crippen molar-refractivity contribution in [3.05, 3.63) is 76.7 Å². The molecule has 8 heteroatoms. The number of rotatable bonds is 6. The highest BCUT2D eigenvalue weighted by molar-refractivity contribution is 6.46. The first-order valence-corrected chi connectivity index (χ1v) is 12.1. The van der Waals surface area contributed by atoms with Crippen molar-refractivity contribution >= 4 is 23.1 Å². The third-order valence-corrected chi connectivity index (χ3v) is 6.88. The maximum Gasteiger partial charge on any atom is 0.295 e. The van der Waals surface area contributed by atoms with Crippen LogP contribution >= 0.6 is 0 Å². The van der Waals surface area contributed by atoms with Gasteiger partial charge in [0.1, 0.15) is 11.3 Å². The average molecular weight is 475 g/mol. The Morgan fingerprint density at radius 1 is 1.06 bits per heavy atom. The summed E-state index contributed by atoms with van der Waals surface area (Å²) in [5.74, 6) is -1.43. The van der Waals surface area contributed by atoms with Crippen LogP contribution in [0.4, 0.5) is 0 Å². The molecule has 35 heavy (non-hydrogen) atoms. The molecule has 8 nitrogen and oxygen atoms in total. The number of ketones is 1. The highest BCUT2D eigenvalue weighted by Gasteiger charge is 2.46. The quantitative estimate of drug-likeness (QED) is 0.336. The highest BCUT2D eigenvalue weighted by atomic mass is 16.5. The topological polar surface area (TPSA) is 87.4 Å². The molecule has 0 saturated carbocycles. The van der Waals surface area contributed by atoms with Crippen LogP contribution in [0.2, 0.25) is 0 Å². The molecule has 2 aliphatic rings. The van der Waals surface area contributed by atoms with Crippen molar-refractivity contribution in [1.29, 1.82) is 0 Å². The second-order valence-corrected chi connectivity index (χ2v) is 9.14. The fourth-order valence-electron chi connectivity index (χ4n) is 5.11. The summed E-state index contributed by atoms with van der Waals surface area (Å²) in [6.07, 6.45) is 2.54. The molecule has 2 aliphatic heterocycles. The third-order valence-electron chi connectivity index (χ3n) is 6.88. The first kappa shape index (κ1) is 23.3. The molecule has 1 amide bonds. The van der Waals surface area contributed by atoms with Gasteiger partial charge >= 0.3 is 0 Å². The molecule has 182 valence electrons. The summed E-state index contributed by atoms with van der Waals surface area (Å²) >= 11 is 0. The number of aromatic nitrogens is 2. The molecule has 1 unspecified atom stereocenters. The number of fused-ring (bicyclic) bond motifs is 1. The Morgan fingerprint density at radius 3 is 2.54 bits per heavy atom. The van der Waals surface area contributed by atoms with Crippen LogP contribution < -0.4 is 0 Å². The summed E-state index contributed by atoms with van der Waals surface area (Å²) in [5.41, 5.74) is 3.61. The number of aryl methyl sites for hydroxylation is 2. The van der Waals surface area contributed by atoms with E-state index in [1.807, 2.05) is 55.6 Å². The Bertz CT molecular complexity index is 1290. The molecule has 2 fully saturated rings. The number of aliphatic hydroxyl groups excluding tert-OH is 1. The number of aliphatic hydroxyl groups is 1. The molecule has 0 aliphatic carbocycles. The molecule has 1 aromatic carbocycles. The van der Waals surface area contributed by atoms with Gasteiger partial charge in [-0.05, 0) is 37.5 Å². The van der Waals surface area contributed by atoms with Crippen molar-refractivity contribution in [2.75, 3.05) is 39.4 Å². The predicted molar refractivity (Wildman–Crippen MR) is 132 cm³/mol. The number of carbonyl (C=O) groups excluding carboxylic acids is 2. The van der Waals surface area contributed by atoms with Crippen molar-refractivity contribution in [3.63, 3.8) is 0 Å². The predicted octanol–water partition coefficient (Wildman–Crippen LogP) is 3.10. The number of carbonyl (C=O) groups is 2. The van der Waals surface area contributed by atoms with E-state index in [9.17, 15) is 14.7 Å². The zero-order valence-electron chi connectivity index (χ0n) is 20.1. The maximum atomic E-state index is 13.3. The molecule has 4 heterocycles. The number of ether oxygens (including phenoxy) is 1. The number of nitrogens with zero attached hydrogens (tertiary/aromatic N) is 4. The van der Waals surface area contributed by atoms with E-state index in [0.717, 1.165) is 37.2 Å². The van der Waals surface area contributed by atoms with Gasteiger partial charge in [0.25, 0.3) is 11.7 Å². The summed E-state index contributed by atoms with van der Waals surface area (Å²) in [6.45, 7) is 8.16.